The van der Waals surface area contributed by atoms with Crippen LogP contribution in [0, 0.1) is 0 Å². The molecule has 1 aromatic heterocycles. The highest BCUT2D eigenvalue weighted by atomic mass is 16.5. The summed E-state index contributed by atoms with van der Waals surface area (Å²) in [4.78, 5) is 24.3. The van der Waals surface area contributed by atoms with Crippen LogP contribution < -0.4 is 15.4 Å². The Bertz CT molecular complexity index is 778. The van der Waals surface area contributed by atoms with Gasteiger partial charge in [0.2, 0.25) is 11.8 Å². The molecule has 2 N–H and O–H groups in total. The first-order valence-corrected chi connectivity index (χ1v) is 8.37. The summed E-state index contributed by atoms with van der Waals surface area (Å²) in [5.74, 6) is 0.692. The van der Waals surface area contributed by atoms with Crippen molar-refractivity contribution in [1.29, 1.82) is 0 Å². The predicted octanol–water partition coefficient (Wildman–Crippen LogP) is 2.63. The molecule has 0 spiro atoms. The summed E-state index contributed by atoms with van der Waals surface area (Å²) < 4.78 is 6.79. The quantitative estimate of drug-likeness (QED) is 0.747. The van der Waals surface area contributed by atoms with Gasteiger partial charge in [0.1, 0.15) is 17.6 Å². The molecule has 2 amide bonds. The van der Waals surface area contributed by atoms with E-state index < -0.39 is 6.04 Å². The molecule has 1 aromatic carbocycles. The molecule has 1 unspecified atom stereocenters. The first-order valence-electron chi connectivity index (χ1n) is 8.37. The Morgan fingerprint density at radius 3 is 2.46 bits per heavy atom. The Labute approximate surface area is 153 Å². The molecule has 1 atom stereocenters. The van der Waals surface area contributed by atoms with Gasteiger partial charge in [0.15, 0.2) is 0 Å². The van der Waals surface area contributed by atoms with Crippen LogP contribution in [0.1, 0.15) is 32.4 Å². The predicted molar refractivity (Wildman–Crippen MR) is 101 cm³/mol. The fourth-order valence-corrected chi connectivity index (χ4v) is 2.27. The molecular formula is C19H24N4O3. The maximum Gasteiger partial charge on any atom is 0.247 e. The summed E-state index contributed by atoms with van der Waals surface area (Å²) in [7, 11) is 1.60. The summed E-state index contributed by atoms with van der Waals surface area (Å²) in [6.45, 7) is 5.57. The number of carbonyl (C=O) groups is 2. The first-order chi connectivity index (χ1) is 12.4. The standard InChI is InChI=1S/C19H24N4O3/c1-13(2)23-17(11-12-20-23)22-19(25)14(3)21-18(24)10-7-15-5-8-16(26-4)9-6-15/h5-14H,1-4H3,(H,21,24)(H,22,25)/b10-7+. The van der Waals surface area contributed by atoms with E-state index in [0.29, 0.717) is 5.82 Å². The number of carbonyl (C=O) groups excluding carboxylic acids is 2. The Kier molecular flexibility index (Phi) is 6.54. The van der Waals surface area contributed by atoms with E-state index in [9.17, 15) is 9.59 Å². The molecule has 0 aliphatic heterocycles. The zero-order valence-corrected chi connectivity index (χ0v) is 15.4. The number of aromatic nitrogens is 2. The molecule has 7 heteroatoms. The summed E-state index contributed by atoms with van der Waals surface area (Å²) in [6.07, 6.45) is 4.69. The molecule has 138 valence electrons. The second-order valence-electron chi connectivity index (χ2n) is 6.08. The van der Waals surface area contributed by atoms with Crippen LogP contribution in [0.4, 0.5) is 5.82 Å². The van der Waals surface area contributed by atoms with Crippen LogP contribution in [0.2, 0.25) is 0 Å². The van der Waals surface area contributed by atoms with Crippen LogP contribution in [-0.4, -0.2) is 34.7 Å². The molecule has 0 aliphatic rings. The lowest BCUT2D eigenvalue weighted by Gasteiger charge is -2.15. The Hall–Kier alpha value is -3.09. The Morgan fingerprint density at radius 2 is 1.85 bits per heavy atom. The van der Waals surface area contributed by atoms with Crippen LogP contribution in [0.15, 0.2) is 42.6 Å². The number of nitrogens with zero attached hydrogens (tertiary/aromatic N) is 2. The van der Waals surface area contributed by atoms with Crippen molar-refractivity contribution in [3.63, 3.8) is 0 Å². The molecule has 0 radical (unpaired) electrons. The monoisotopic (exact) mass is 356 g/mol. The van der Waals surface area contributed by atoms with Gasteiger partial charge in [-0.3, -0.25) is 9.59 Å². The highest BCUT2D eigenvalue weighted by Gasteiger charge is 2.16. The third kappa shape index (κ3) is 5.20. The SMILES string of the molecule is COc1ccc(/C=C/C(=O)NC(C)C(=O)Nc2ccnn2C(C)C)cc1. The van der Waals surface area contributed by atoms with E-state index in [-0.39, 0.29) is 17.9 Å². The maximum atomic E-state index is 12.3. The van der Waals surface area contributed by atoms with Crippen LogP contribution in [0.5, 0.6) is 5.75 Å². The van der Waals surface area contributed by atoms with Crippen LogP contribution >= 0.6 is 0 Å². The van der Waals surface area contributed by atoms with Crippen molar-refractivity contribution in [2.75, 3.05) is 12.4 Å². The van der Waals surface area contributed by atoms with Crippen LogP contribution in [0.25, 0.3) is 6.08 Å². The van der Waals surface area contributed by atoms with Crippen LogP contribution in [-0.2, 0) is 9.59 Å². The molecule has 1 heterocycles. The van der Waals surface area contributed by atoms with E-state index in [0.717, 1.165) is 11.3 Å². The van der Waals surface area contributed by atoms with Crippen molar-refractivity contribution in [3.05, 3.63) is 48.2 Å². The zero-order chi connectivity index (χ0) is 19.1. The number of ether oxygens (including phenoxy) is 1. The Balaban J connectivity index is 1.90. The highest BCUT2D eigenvalue weighted by molar-refractivity contribution is 5.99. The summed E-state index contributed by atoms with van der Waals surface area (Å²) in [5, 5.41) is 9.57. The van der Waals surface area contributed by atoms with Gasteiger partial charge in [-0.05, 0) is 44.5 Å². The molecule has 0 aliphatic carbocycles. The zero-order valence-electron chi connectivity index (χ0n) is 15.4. The second kappa shape index (κ2) is 8.84. The third-order valence-electron chi connectivity index (χ3n) is 3.71. The van der Waals surface area contributed by atoms with Crippen molar-refractivity contribution in [2.45, 2.75) is 32.9 Å². The maximum absolute atomic E-state index is 12.3. The largest absolute Gasteiger partial charge is 0.497 e. The van der Waals surface area contributed by atoms with Crippen molar-refractivity contribution in [1.82, 2.24) is 15.1 Å². The van der Waals surface area contributed by atoms with E-state index in [2.05, 4.69) is 15.7 Å². The minimum Gasteiger partial charge on any atom is -0.497 e. The normalized spacial score (nSPS) is 12.2. The highest BCUT2D eigenvalue weighted by Crippen LogP contribution is 2.13. The lowest BCUT2D eigenvalue weighted by molar-refractivity contribution is -0.123. The number of amides is 2. The fraction of sp³-hybridized carbons (Fsp3) is 0.316. The molecule has 2 rings (SSSR count). The molecule has 7 nitrogen and oxygen atoms in total. The second-order valence-corrected chi connectivity index (χ2v) is 6.08. The van der Waals surface area contributed by atoms with Gasteiger partial charge in [0, 0.05) is 18.2 Å². The van der Waals surface area contributed by atoms with Gasteiger partial charge in [-0.15, -0.1) is 0 Å². The fourth-order valence-electron chi connectivity index (χ4n) is 2.27. The van der Waals surface area contributed by atoms with Crippen LogP contribution in [0.3, 0.4) is 0 Å². The lowest BCUT2D eigenvalue weighted by Crippen LogP contribution is -2.41. The molecule has 2 aromatic rings. The van der Waals surface area contributed by atoms with Crippen molar-refractivity contribution >= 4 is 23.7 Å². The van der Waals surface area contributed by atoms with E-state index in [4.69, 9.17) is 4.74 Å². The van der Waals surface area contributed by atoms with E-state index in [1.54, 1.807) is 37.1 Å². The van der Waals surface area contributed by atoms with Crippen molar-refractivity contribution in [3.8, 4) is 5.75 Å². The number of methoxy groups -OCH3 is 1. The molecule has 26 heavy (non-hydrogen) atoms. The number of benzene rings is 1. The summed E-state index contributed by atoms with van der Waals surface area (Å²) in [6, 6.07) is 8.46. The lowest BCUT2D eigenvalue weighted by atomic mass is 10.2. The van der Waals surface area contributed by atoms with Gasteiger partial charge in [-0.25, -0.2) is 4.68 Å². The van der Waals surface area contributed by atoms with E-state index in [1.165, 1.54) is 6.08 Å². The molecule has 0 fully saturated rings. The number of hydrogen-bond donors (Lipinski definition) is 2. The minimum absolute atomic E-state index is 0.123. The average molecular weight is 356 g/mol. The van der Waals surface area contributed by atoms with Gasteiger partial charge in [-0.1, -0.05) is 12.1 Å². The van der Waals surface area contributed by atoms with E-state index in [1.807, 2.05) is 38.1 Å². The first kappa shape index (κ1) is 19.2. The number of rotatable bonds is 7. The van der Waals surface area contributed by atoms with Gasteiger partial charge in [-0.2, -0.15) is 5.10 Å². The van der Waals surface area contributed by atoms with E-state index >= 15 is 0 Å². The number of hydrogen-bond acceptors (Lipinski definition) is 4. The average Bonchev–Trinajstić information content (AvgIpc) is 3.08. The molecule has 0 saturated heterocycles. The molecule has 0 saturated carbocycles. The topological polar surface area (TPSA) is 85.2 Å². The van der Waals surface area contributed by atoms with Gasteiger partial charge in [0.05, 0.1) is 13.3 Å². The molecule has 0 bridgehead atoms. The summed E-state index contributed by atoms with van der Waals surface area (Å²) in [5.41, 5.74) is 0.860. The molecular weight excluding hydrogens is 332 g/mol. The number of anilines is 1. The van der Waals surface area contributed by atoms with Crippen molar-refractivity contribution in [2.24, 2.45) is 0 Å². The minimum atomic E-state index is -0.682. The van der Waals surface area contributed by atoms with Crippen molar-refractivity contribution < 1.29 is 14.3 Å². The third-order valence-corrected chi connectivity index (χ3v) is 3.71. The van der Waals surface area contributed by atoms with Gasteiger partial charge < -0.3 is 15.4 Å². The number of nitrogens with one attached hydrogen (secondary N) is 2. The Morgan fingerprint density at radius 1 is 1.15 bits per heavy atom. The summed E-state index contributed by atoms with van der Waals surface area (Å²) >= 11 is 0. The van der Waals surface area contributed by atoms with Gasteiger partial charge >= 0.3 is 0 Å². The van der Waals surface area contributed by atoms with Gasteiger partial charge in [0.25, 0.3) is 0 Å². The smallest absolute Gasteiger partial charge is 0.247 e.